The molecule has 96 valence electrons. The van der Waals surface area contributed by atoms with Crippen molar-refractivity contribution in [3.8, 4) is 17.1 Å². The summed E-state index contributed by atoms with van der Waals surface area (Å²) in [5, 5.41) is 0. The van der Waals surface area contributed by atoms with Gasteiger partial charge in [-0.1, -0.05) is 12.1 Å². The fourth-order valence-electron chi connectivity index (χ4n) is 1.94. The van der Waals surface area contributed by atoms with Crippen molar-refractivity contribution in [2.45, 2.75) is 0 Å². The molecule has 3 aromatic rings. The lowest BCUT2D eigenvalue weighted by Gasteiger charge is -1.99. The Morgan fingerprint density at radius 3 is 2.84 bits per heavy atom. The van der Waals surface area contributed by atoms with Crippen molar-refractivity contribution in [1.82, 2.24) is 9.97 Å². The maximum Gasteiger partial charge on any atom is 0.138 e. The monoisotopic (exact) mass is 428 g/mol. The summed E-state index contributed by atoms with van der Waals surface area (Å²) < 4.78 is 7.37. The van der Waals surface area contributed by atoms with Gasteiger partial charge in [0.25, 0.3) is 0 Å². The number of aromatic nitrogens is 2. The van der Waals surface area contributed by atoms with Gasteiger partial charge in [0.15, 0.2) is 0 Å². The summed E-state index contributed by atoms with van der Waals surface area (Å²) in [6.07, 6.45) is 0. The highest BCUT2D eigenvalue weighted by Gasteiger charge is 2.10. The highest BCUT2D eigenvalue weighted by molar-refractivity contribution is 14.1. The zero-order chi connectivity index (χ0) is 13.4. The van der Waals surface area contributed by atoms with Gasteiger partial charge in [-0.2, -0.15) is 0 Å². The number of aromatic amines is 1. The number of methoxy groups -OCH3 is 1. The second-order valence-corrected chi connectivity index (χ2v) is 6.20. The lowest BCUT2D eigenvalue weighted by atomic mass is 10.2. The Kier molecular flexibility index (Phi) is 3.49. The van der Waals surface area contributed by atoms with Crippen LogP contribution in [0.25, 0.3) is 22.4 Å². The van der Waals surface area contributed by atoms with Crippen LogP contribution in [0.3, 0.4) is 0 Å². The van der Waals surface area contributed by atoms with Crippen LogP contribution in [0.15, 0.2) is 40.9 Å². The van der Waals surface area contributed by atoms with Crippen molar-refractivity contribution < 1.29 is 4.74 Å². The van der Waals surface area contributed by atoms with E-state index in [4.69, 9.17) is 4.74 Å². The molecule has 0 aliphatic rings. The summed E-state index contributed by atoms with van der Waals surface area (Å²) >= 11 is 5.82. The molecule has 0 spiro atoms. The smallest absolute Gasteiger partial charge is 0.138 e. The number of imidazole rings is 1. The number of nitrogens with one attached hydrogen (secondary N) is 1. The maximum atomic E-state index is 5.26. The van der Waals surface area contributed by atoms with E-state index in [1.807, 2.05) is 24.3 Å². The van der Waals surface area contributed by atoms with E-state index in [1.54, 1.807) is 7.11 Å². The van der Waals surface area contributed by atoms with Gasteiger partial charge in [0.05, 0.1) is 12.6 Å². The van der Waals surface area contributed by atoms with Crippen LogP contribution >= 0.6 is 38.5 Å². The molecule has 0 bridgehead atoms. The molecule has 0 saturated heterocycles. The number of fused-ring (bicyclic) bond motifs is 1. The van der Waals surface area contributed by atoms with E-state index in [-0.39, 0.29) is 0 Å². The van der Waals surface area contributed by atoms with Crippen molar-refractivity contribution in [2.24, 2.45) is 0 Å². The Labute approximate surface area is 132 Å². The predicted octanol–water partition coefficient (Wildman–Crippen LogP) is 4.61. The van der Waals surface area contributed by atoms with Crippen molar-refractivity contribution in [3.63, 3.8) is 0 Å². The Morgan fingerprint density at radius 1 is 1.26 bits per heavy atom. The first-order chi connectivity index (χ1) is 9.17. The Morgan fingerprint density at radius 2 is 2.11 bits per heavy atom. The number of rotatable bonds is 2. The fraction of sp³-hybridized carbons (Fsp3) is 0.0714. The van der Waals surface area contributed by atoms with Crippen LogP contribution in [0.1, 0.15) is 0 Å². The molecule has 0 amide bonds. The summed E-state index contributed by atoms with van der Waals surface area (Å²) in [5.74, 6) is 1.67. The molecule has 0 aliphatic carbocycles. The molecule has 0 unspecified atom stereocenters. The first kappa shape index (κ1) is 12.9. The molecule has 0 atom stereocenters. The maximum absolute atomic E-state index is 5.26. The van der Waals surface area contributed by atoms with Crippen LogP contribution in [-0.4, -0.2) is 17.1 Å². The molecule has 0 radical (unpaired) electrons. The molecule has 3 rings (SSSR count). The molecule has 0 aliphatic heterocycles. The highest BCUT2D eigenvalue weighted by atomic mass is 127. The molecule has 1 aromatic heterocycles. The van der Waals surface area contributed by atoms with E-state index in [1.165, 1.54) is 3.57 Å². The third-order valence-electron chi connectivity index (χ3n) is 2.85. The van der Waals surface area contributed by atoms with E-state index >= 15 is 0 Å². The van der Waals surface area contributed by atoms with Crippen LogP contribution in [0.5, 0.6) is 5.75 Å². The minimum Gasteiger partial charge on any atom is -0.497 e. The molecule has 3 nitrogen and oxygen atoms in total. The second kappa shape index (κ2) is 5.13. The lowest BCUT2D eigenvalue weighted by Crippen LogP contribution is -1.82. The van der Waals surface area contributed by atoms with Gasteiger partial charge in [-0.3, -0.25) is 0 Å². The zero-order valence-electron chi connectivity index (χ0n) is 10.1. The molecule has 5 heteroatoms. The van der Waals surface area contributed by atoms with Gasteiger partial charge in [0.1, 0.15) is 17.1 Å². The standard InChI is InChI=1S/C14H10BrIN2O/c1-19-10-6-11(15)13-12(7-10)17-14(18-13)8-3-2-4-9(16)5-8/h2-7H,1H3,(H,17,18). The Hall–Kier alpha value is -1.08. The van der Waals surface area contributed by atoms with E-state index in [0.717, 1.165) is 32.6 Å². The molecular weight excluding hydrogens is 419 g/mol. The molecule has 19 heavy (non-hydrogen) atoms. The molecule has 0 fully saturated rings. The van der Waals surface area contributed by atoms with E-state index in [9.17, 15) is 0 Å². The number of hydrogen-bond acceptors (Lipinski definition) is 2. The Balaban J connectivity index is 2.19. The highest BCUT2D eigenvalue weighted by Crippen LogP contribution is 2.30. The molecule has 1 N–H and O–H groups in total. The van der Waals surface area contributed by atoms with E-state index in [0.29, 0.717) is 0 Å². The van der Waals surface area contributed by atoms with Crippen LogP contribution in [0.2, 0.25) is 0 Å². The summed E-state index contributed by atoms with van der Waals surface area (Å²) in [6, 6.07) is 12.1. The zero-order valence-corrected chi connectivity index (χ0v) is 13.8. The van der Waals surface area contributed by atoms with Crippen LogP contribution in [-0.2, 0) is 0 Å². The number of hydrogen-bond donors (Lipinski definition) is 1. The van der Waals surface area contributed by atoms with Crippen molar-refractivity contribution in [2.75, 3.05) is 7.11 Å². The quantitative estimate of drug-likeness (QED) is 0.605. The van der Waals surface area contributed by atoms with Gasteiger partial charge in [0.2, 0.25) is 0 Å². The largest absolute Gasteiger partial charge is 0.497 e. The minimum atomic E-state index is 0.803. The molecule has 1 heterocycles. The van der Waals surface area contributed by atoms with E-state index < -0.39 is 0 Å². The molecule has 2 aromatic carbocycles. The van der Waals surface area contributed by atoms with Gasteiger partial charge in [0, 0.05) is 19.7 Å². The number of H-pyrrole nitrogens is 1. The average Bonchev–Trinajstić information content (AvgIpc) is 2.83. The van der Waals surface area contributed by atoms with Crippen LogP contribution < -0.4 is 4.74 Å². The van der Waals surface area contributed by atoms with Crippen LogP contribution in [0, 0.1) is 3.57 Å². The number of benzene rings is 2. The number of ether oxygens (including phenoxy) is 1. The van der Waals surface area contributed by atoms with E-state index in [2.05, 4.69) is 60.6 Å². The normalized spacial score (nSPS) is 10.9. The summed E-state index contributed by atoms with van der Waals surface area (Å²) in [7, 11) is 1.66. The third-order valence-corrected chi connectivity index (χ3v) is 4.12. The van der Waals surface area contributed by atoms with Gasteiger partial charge in [-0.15, -0.1) is 0 Å². The van der Waals surface area contributed by atoms with Crippen LogP contribution in [0.4, 0.5) is 0 Å². The minimum absolute atomic E-state index is 0.803. The number of halogens is 2. The molecular formula is C14H10BrIN2O. The average molecular weight is 429 g/mol. The SMILES string of the molecule is COc1cc(Br)c2nc(-c3cccc(I)c3)[nH]c2c1. The summed E-state index contributed by atoms with van der Waals surface area (Å²) in [5.41, 5.74) is 2.95. The predicted molar refractivity (Wildman–Crippen MR) is 88.5 cm³/mol. The van der Waals surface area contributed by atoms with Gasteiger partial charge in [-0.05, 0) is 56.7 Å². The first-order valence-electron chi connectivity index (χ1n) is 5.66. The Bertz CT molecular complexity index is 754. The fourth-order valence-corrected chi connectivity index (χ4v) is 3.01. The summed E-state index contributed by atoms with van der Waals surface area (Å²) in [6.45, 7) is 0. The van der Waals surface area contributed by atoms with Gasteiger partial charge >= 0.3 is 0 Å². The number of nitrogens with zero attached hydrogens (tertiary/aromatic N) is 1. The lowest BCUT2D eigenvalue weighted by molar-refractivity contribution is 0.415. The van der Waals surface area contributed by atoms with Crippen molar-refractivity contribution in [3.05, 3.63) is 44.4 Å². The van der Waals surface area contributed by atoms with Gasteiger partial charge < -0.3 is 9.72 Å². The third kappa shape index (κ3) is 2.49. The topological polar surface area (TPSA) is 37.9 Å². The van der Waals surface area contributed by atoms with Crippen molar-refractivity contribution >= 4 is 49.6 Å². The van der Waals surface area contributed by atoms with Gasteiger partial charge in [-0.25, -0.2) is 4.98 Å². The molecule has 0 saturated carbocycles. The summed E-state index contributed by atoms with van der Waals surface area (Å²) in [4.78, 5) is 7.97. The first-order valence-corrected chi connectivity index (χ1v) is 7.54. The van der Waals surface area contributed by atoms with Crippen molar-refractivity contribution in [1.29, 1.82) is 0 Å². The second-order valence-electron chi connectivity index (χ2n) is 4.10.